The van der Waals surface area contributed by atoms with E-state index >= 15 is 0 Å². The van der Waals surface area contributed by atoms with Gasteiger partial charge < -0.3 is 15.0 Å². The van der Waals surface area contributed by atoms with E-state index in [2.05, 4.69) is 48.4 Å². The van der Waals surface area contributed by atoms with E-state index in [-0.39, 0.29) is 5.54 Å². The van der Waals surface area contributed by atoms with Crippen molar-refractivity contribution < 1.29 is 4.74 Å². The lowest BCUT2D eigenvalue weighted by molar-refractivity contribution is 0.178. The fraction of sp³-hybridized carbons (Fsp3) is 0.786. The van der Waals surface area contributed by atoms with E-state index in [1.165, 1.54) is 0 Å². The maximum absolute atomic E-state index is 5.06. The van der Waals surface area contributed by atoms with Gasteiger partial charge in [-0.25, -0.2) is 4.98 Å². The van der Waals surface area contributed by atoms with Crippen molar-refractivity contribution >= 4 is 11.3 Å². The molecule has 0 aliphatic carbocycles. The molecule has 110 valence electrons. The zero-order chi connectivity index (χ0) is 14.3. The van der Waals surface area contributed by atoms with Crippen LogP contribution in [0, 0.1) is 0 Å². The second kappa shape index (κ2) is 7.94. The Labute approximate surface area is 121 Å². The first kappa shape index (κ1) is 16.6. The molecule has 1 N–H and O–H groups in total. The molecule has 19 heavy (non-hydrogen) atoms. The third-order valence-corrected chi connectivity index (χ3v) is 3.59. The Bertz CT molecular complexity index is 360. The van der Waals surface area contributed by atoms with Crippen molar-refractivity contribution in [1.82, 2.24) is 15.2 Å². The first-order chi connectivity index (χ1) is 8.90. The first-order valence-electron chi connectivity index (χ1n) is 6.76. The second-order valence-corrected chi connectivity index (χ2v) is 6.86. The molecule has 0 saturated carbocycles. The molecule has 1 aromatic rings. The van der Waals surface area contributed by atoms with Crippen LogP contribution in [0.1, 0.15) is 37.9 Å². The molecule has 0 spiro atoms. The summed E-state index contributed by atoms with van der Waals surface area (Å²) in [6.07, 6.45) is 1.07. The number of nitrogens with zero attached hydrogens (tertiary/aromatic N) is 2. The normalized spacial score (nSPS) is 12.3. The zero-order valence-electron chi connectivity index (χ0n) is 12.8. The van der Waals surface area contributed by atoms with Crippen LogP contribution in [0.15, 0.2) is 5.38 Å². The topological polar surface area (TPSA) is 37.4 Å². The molecular formula is C14H27N3OS. The first-order valence-corrected chi connectivity index (χ1v) is 7.64. The summed E-state index contributed by atoms with van der Waals surface area (Å²) in [6, 6.07) is 0. The number of methoxy groups -OCH3 is 1. The molecule has 0 radical (unpaired) electrons. The van der Waals surface area contributed by atoms with Crippen LogP contribution in [-0.2, 0) is 17.8 Å². The van der Waals surface area contributed by atoms with Gasteiger partial charge in [-0.05, 0) is 34.2 Å². The quantitative estimate of drug-likeness (QED) is 0.745. The van der Waals surface area contributed by atoms with E-state index in [0.29, 0.717) is 0 Å². The molecule has 0 amide bonds. The lowest BCUT2D eigenvalue weighted by Gasteiger charge is -2.19. The Morgan fingerprint density at radius 3 is 2.79 bits per heavy atom. The summed E-state index contributed by atoms with van der Waals surface area (Å²) in [4.78, 5) is 6.95. The minimum atomic E-state index is 0.142. The molecule has 1 rings (SSSR count). The molecular weight excluding hydrogens is 258 g/mol. The van der Waals surface area contributed by atoms with Gasteiger partial charge in [0.1, 0.15) is 5.01 Å². The van der Waals surface area contributed by atoms with Gasteiger partial charge in [-0.3, -0.25) is 0 Å². The molecule has 1 heterocycles. The van der Waals surface area contributed by atoms with Crippen LogP contribution in [0.25, 0.3) is 0 Å². The Balaban J connectivity index is 2.33. The van der Waals surface area contributed by atoms with E-state index < -0.39 is 0 Å². The Hall–Kier alpha value is -0.490. The van der Waals surface area contributed by atoms with E-state index in [0.717, 1.165) is 43.4 Å². The SMILES string of the molecule is COCCCN(C)Cc1csc(CNC(C)(C)C)n1. The van der Waals surface area contributed by atoms with E-state index in [1.807, 2.05) is 0 Å². The lowest BCUT2D eigenvalue weighted by Crippen LogP contribution is -2.35. The monoisotopic (exact) mass is 285 g/mol. The molecule has 4 nitrogen and oxygen atoms in total. The summed E-state index contributed by atoms with van der Waals surface area (Å²) >= 11 is 1.74. The number of aromatic nitrogens is 1. The van der Waals surface area contributed by atoms with Gasteiger partial charge in [0.15, 0.2) is 0 Å². The van der Waals surface area contributed by atoms with Crippen molar-refractivity contribution in [2.75, 3.05) is 27.3 Å². The predicted molar refractivity (Wildman–Crippen MR) is 81.5 cm³/mol. The summed E-state index contributed by atoms with van der Waals surface area (Å²) in [5.41, 5.74) is 1.30. The van der Waals surface area contributed by atoms with Gasteiger partial charge in [-0.15, -0.1) is 11.3 Å². The molecule has 0 fully saturated rings. The number of thiazole rings is 1. The van der Waals surface area contributed by atoms with Crippen LogP contribution in [0.3, 0.4) is 0 Å². The van der Waals surface area contributed by atoms with Gasteiger partial charge in [0.2, 0.25) is 0 Å². The smallest absolute Gasteiger partial charge is 0.107 e. The Morgan fingerprint density at radius 2 is 2.16 bits per heavy atom. The molecule has 0 saturated heterocycles. The fourth-order valence-corrected chi connectivity index (χ4v) is 2.40. The van der Waals surface area contributed by atoms with Crippen molar-refractivity contribution in [3.8, 4) is 0 Å². The highest BCUT2D eigenvalue weighted by molar-refractivity contribution is 7.09. The number of hydrogen-bond donors (Lipinski definition) is 1. The minimum absolute atomic E-state index is 0.142. The maximum atomic E-state index is 5.06. The highest BCUT2D eigenvalue weighted by atomic mass is 32.1. The average Bonchev–Trinajstić information content (AvgIpc) is 2.73. The van der Waals surface area contributed by atoms with E-state index in [4.69, 9.17) is 4.74 Å². The molecule has 0 unspecified atom stereocenters. The number of rotatable bonds is 8. The van der Waals surface area contributed by atoms with E-state index in [1.54, 1.807) is 18.4 Å². The molecule has 1 aromatic heterocycles. The van der Waals surface area contributed by atoms with Crippen LogP contribution in [0.2, 0.25) is 0 Å². The summed E-state index contributed by atoms with van der Waals surface area (Å²) < 4.78 is 5.06. The van der Waals surface area contributed by atoms with Gasteiger partial charge in [0, 0.05) is 44.3 Å². The molecule has 0 bridgehead atoms. The summed E-state index contributed by atoms with van der Waals surface area (Å²) in [5, 5.41) is 6.79. The van der Waals surface area contributed by atoms with Gasteiger partial charge >= 0.3 is 0 Å². The standard InChI is InChI=1S/C14H27N3OS/c1-14(2,3)15-9-13-16-12(11-19-13)10-17(4)7-6-8-18-5/h11,15H,6-10H2,1-5H3. The van der Waals surface area contributed by atoms with Crippen molar-refractivity contribution in [3.63, 3.8) is 0 Å². The van der Waals surface area contributed by atoms with Gasteiger partial charge in [0.25, 0.3) is 0 Å². The maximum Gasteiger partial charge on any atom is 0.107 e. The van der Waals surface area contributed by atoms with Crippen molar-refractivity contribution in [2.24, 2.45) is 0 Å². The number of nitrogens with one attached hydrogen (secondary N) is 1. The van der Waals surface area contributed by atoms with Gasteiger partial charge in [-0.1, -0.05) is 0 Å². The van der Waals surface area contributed by atoms with Crippen LogP contribution in [0.5, 0.6) is 0 Å². The minimum Gasteiger partial charge on any atom is -0.385 e. The van der Waals surface area contributed by atoms with Crippen molar-refractivity contribution in [1.29, 1.82) is 0 Å². The largest absolute Gasteiger partial charge is 0.385 e. The average molecular weight is 285 g/mol. The van der Waals surface area contributed by atoms with Crippen molar-refractivity contribution in [2.45, 2.75) is 45.8 Å². The van der Waals surface area contributed by atoms with Crippen LogP contribution in [-0.4, -0.2) is 42.7 Å². The third kappa shape index (κ3) is 7.62. The lowest BCUT2D eigenvalue weighted by atomic mass is 10.1. The highest BCUT2D eigenvalue weighted by Crippen LogP contribution is 2.12. The summed E-state index contributed by atoms with van der Waals surface area (Å²) in [5.74, 6) is 0. The van der Waals surface area contributed by atoms with Crippen LogP contribution >= 0.6 is 11.3 Å². The Kier molecular flexibility index (Phi) is 6.93. The molecule has 0 atom stereocenters. The molecule has 0 aliphatic rings. The van der Waals surface area contributed by atoms with Crippen LogP contribution < -0.4 is 5.32 Å². The molecule has 0 aliphatic heterocycles. The van der Waals surface area contributed by atoms with Gasteiger partial charge in [0.05, 0.1) is 5.69 Å². The van der Waals surface area contributed by atoms with E-state index in [9.17, 15) is 0 Å². The fourth-order valence-electron chi connectivity index (χ4n) is 1.68. The highest BCUT2D eigenvalue weighted by Gasteiger charge is 2.10. The number of hydrogen-bond acceptors (Lipinski definition) is 5. The third-order valence-electron chi connectivity index (χ3n) is 2.69. The van der Waals surface area contributed by atoms with Crippen molar-refractivity contribution in [3.05, 3.63) is 16.1 Å². The zero-order valence-corrected chi connectivity index (χ0v) is 13.6. The Morgan fingerprint density at radius 1 is 1.42 bits per heavy atom. The molecule has 0 aromatic carbocycles. The summed E-state index contributed by atoms with van der Waals surface area (Å²) in [7, 11) is 3.87. The summed E-state index contributed by atoms with van der Waals surface area (Å²) in [6.45, 7) is 10.1. The number of ether oxygens (including phenoxy) is 1. The molecule has 5 heteroatoms. The second-order valence-electron chi connectivity index (χ2n) is 5.92. The predicted octanol–water partition coefficient (Wildman–Crippen LogP) is 2.50. The van der Waals surface area contributed by atoms with Gasteiger partial charge in [-0.2, -0.15) is 0 Å². The van der Waals surface area contributed by atoms with Crippen LogP contribution in [0.4, 0.5) is 0 Å².